The Labute approximate surface area is 204 Å². The summed E-state index contributed by atoms with van der Waals surface area (Å²) in [6.45, 7) is 1.71. The molecule has 0 amide bonds. The van der Waals surface area contributed by atoms with E-state index in [1.165, 1.54) is 30.7 Å². The largest absolute Gasteiger partial charge is 0.468 e. The molecule has 0 atom stereocenters. The molecule has 11 heteroatoms. The predicted octanol–water partition coefficient (Wildman–Crippen LogP) is 2.19. The van der Waals surface area contributed by atoms with Gasteiger partial charge in [-0.25, -0.2) is 14.8 Å². The van der Waals surface area contributed by atoms with Gasteiger partial charge in [0.2, 0.25) is 11.9 Å². The number of esters is 1. The van der Waals surface area contributed by atoms with Gasteiger partial charge in [0.25, 0.3) is 5.56 Å². The molecule has 2 aromatic carbocycles. The van der Waals surface area contributed by atoms with Gasteiger partial charge < -0.3 is 9.72 Å². The minimum Gasteiger partial charge on any atom is -0.468 e. The molecule has 0 aliphatic rings. The van der Waals surface area contributed by atoms with E-state index in [0.717, 1.165) is 21.1 Å². The number of rotatable bonds is 5. The van der Waals surface area contributed by atoms with E-state index in [9.17, 15) is 14.4 Å². The summed E-state index contributed by atoms with van der Waals surface area (Å²) in [4.78, 5) is 55.9. The normalized spacial score (nSPS) is 11.2. The fourth-order valence-corrected chi connectivity index (χ4v) is 4.04. The molecule has 5 aromatic rings. The van der Waals surface area contributed by atoms with Crippen molar-refractivity contribution in [2.45, 2.75) is 6.92 Å². The second-order valence-corrected chi connectivity index (χ2v) is 8.39. The molecular formula is C25H23N7O4. The Balaban J connectivity index is 1.78. The summed E-state index contributed by atoms with van der Waals surface area (Å²) in [5.74, 6) is -0.262. The lowest BCUT2D eigenvalue weighted by Crippen LogP contribution is -2.36. The minimum absolute atomic E-state index is 0.115. The average Bonchev–Trinajstić information content (AvgIpc) is 3.34. The van der Waals surface area contributed by atoms with Crippen molar-refractivity contribution in [1.29, 1.82) is 0 Å². The second-order valence-electron chi connectivity index (χ2n) is 8.39. The predicted molar refractivity (Wildman–Crippen MR) is 135 cm³/mol. The monoisotopic (exact) mass is 485 g/mol. The van der Waals surface area contributed by atoms with Gasteiger partial charge in [0.1, 0.15) is 6.54 Å². The number of anilines is 2. The minimum atomic E-state index is -0.564. The molecule has 0 spiro atoms. The number of fused-ring (bicyclic) bond motifs is 2. The number of ether oxygens (including phenoxy) is 1. The van der Waals surface area contributed by atoms with E-state index in [1.807, 2.05) is 55.5 Å². The van der Waals surface area contributed by atoms with Crippen molar-refractivity contribution in [2.24, 2.45) is 14.1 Å². The highest BCUT2D eigenvalue weighted by molar-refractivity contribution is 5.94. The third kappa shape index (κ3) is 3.80. The Morgan fingerprint density at radius 1 is 1.03 bits per heavy atom. The van der Waals surface area contributed by atoms with Crippen LogP contribution in [0.1, 0.15) is 5.56 Å². The number of methoxy groups -OCH3 is 1. The van der Waals surface area contributed by atoms with Crippen molar-refractivity contribution < 1.29 is 9.53 Å². The topological polar surface area (TPSA) is 128 Å². The van der Waals surface area contributed by atoms with Crippen molar-refractivity contribution in [2.75, 3.05) is 18.6 Å². The van der Waals surface area contributed by atoms with Crippen LogP contribution in [0.4, 0.5) is 11.9 Å². The molecule has 36 heavy (non-hydrogen) atoms. The third-order valence-electron chi connectivity index (χ3n) is 5.98. The maximum atomic E-state index is 12.7. The van der Waals surface area contributed by atoms with Crippen molar-refractivity contribution in [3.8, 4) is 11.3 Å². The zero-order chi connectivity index (χ0) is 25.6. The Hall–Kier alpha value is -4.80. The highest BCUT2D eigenvalue weighted by Gasteiger charge is 2.24. The van der Waals surface area contributed by atoms with Gasteiger partial charge in [-0.05, 0) is 19.1 Å². The van der Waals surface area contributed by atoms with Crippen LogP contribution in [0.2, 0.25) is 0 Å². The van der Waals surface area contributed by atoms with Gasteiger partial charge in [-0.3, -0.25) is 23.6 Å². The van der Waals surface area contributed by atoms with E-state index < -0.39 is 17.2 Å². The average molecular weight is 486 g/mol. The van der Waals surface area contributed by atoms with Crippen LogP contribution in [0.5, 0.6) is 0 Å². The highest BCUT2D eigenvalue weighted by atomic mass is 16.5. The summed E-state index contributed by atoms with van der Waals surface area (Å²) in [7, 11) is 4.18. The number of hydrogen-bond donors (Lipinski definition) is 1. The summed E-state index contributed by atoms with van der Waals surface area (Å²) in [5, 5.41) is 0.851. The summed E-state index contributed by atoms with van der Waals surface area (Å²) in [6.07, 6.45) is 0. The number of aromatic nitrogens is 6. The van der Waals surface area contributed by atoms with Crippen LogP contribution in [0.15, 0.2) is 58.1 Å². The van der Waals surface area contributed by atoms with Gasteiger partial charge in [0, 0.05) is 25.0 Å². The Kier molecular flexibility index (Phi) is 5.59. The SMILES string of the molecule is COC(=O)CN(c1nc(-c2ccccc2)c2cc(C)ccc2n1)c1nc2c([nH]1)c(=O)n(C)c(=O)n2C. The van der Waals surface area contributed by atoms with Gasteiger partial charge in [-0.15, -0.1) is 0 Å². The summed E-state index contributed by atoms with van der Waals surface area (Å²) in [6, 6.07) is 15.5. The molecule has 0 unspecified atom stereocenters. The molecule has 1 N–H and O–H groups in total. The van der Waals surface area contributed by atoms with Crippen LogP contribution in [0, 0.1) is 6.92 Å². The number of hydrogen-bond acceptors (Lipinski definition) is 8. The standard InChI is InChI=1S/C25H23N7O4/c1-14-10-11-17-16(12-14)19(15-8-6-5-7-9-15)27-23(26-17)32(13-18(33)36-4)24-28-20-21(29-24)30(2)25(35)31(3)22(20)34/h5-12H,13H2,1-4H3,(H,28,29). The van der Waals surface area contributed by atoms with Gasteiger partial charge in [-0.2, -0.15) is 4.98 Å². The number of aryl methyl sites for hydroxylation is 2. The molecule has 0 saturated heterocycles. The van der Waals surface area contributed by atoms with Crippen molar-refractivity contribution in [1.82, 2.24) is 29.1 Å². The number of nitrogens with zero attached hydrogens (tertiary/aromatic N) is 6. The number of H-pyrrole nitrogens is 1. The zero-order valence-corrected chi connectivity index (χ0v) is 20.1. The van der Waals surface area contributed by atoms with Crippen LogP contribution in [-0.2, 0) is 23.6 Å². The first-order valence-electron chi connectivity index (χ1n) is 11.1. The van der Waals surface area contributed by atoms with Gasteiger partial charge in [0.15, 0.2) is 11.2 Å². The molecule has 0 bridgehead atoms. The van der Waals surface area contributed by atoms with Crippen LogP contribution in [0.25, 0.3) is 33.3 Å². The van der Waals surface area contributed by atoms with E-state index in [-0.39, 0.29) is 29.6 Å². The molecule has 0 saturated carbocycles. The third-order valence-corrected chi connectivity index (χ3v) is 5.98. The number of carbonyl (C=O) groups excluding carboxylic acids is 1. The fourth-order valence-electron chi connectivity index (χ4n) is 4.04. The Morgan fingerprint density at radius 3 is 2.50 bits per heavy atom. The molecular weight excluding hydrogens is 462 g/mol. The first-order chi connectivity index (χ1) is 17.3. The molecule has 182 valence electrons. The molecule has 0 aliphatic carbocycles. The van der Waals surface area contributed by atoms with E-state index >= 15 is 0 Å². The van der Waals surface area contributed by atoms with Crippen molar-refractivity contribution in [3.63, 3.8) is 0 Å². The van der Waals surface area contributed by atoms with Crippen LogP contribution in [0.3, 0.4) is 0 Å². The van der Waals surface area contributed by atoms with Gasteiger partial charge in [-0.1, -0.05) is 42.0 Å². The maximum Gasteiger partial charge on any atom is 0.332 e. The molecule has 3 heterocycles. The first-order valence-corrected chi connectivity index (χ1v) is 11.1. The molecule has 3 aromatic heterocycles. The van der Waals surface area contributed by atoms with Crippen molar-refractivity contribution in [3.05, 3.63) is 74.9 Å². The number of nitrogens with one attached hydrogen (secondary N) is 1. The molecule has 0 radical (unpaired) electrons. The highest BCUT2D eigenvalue weighted by Crippen LogP contribution is 2.31. The number of imidazole rings is 1. The fraction of sp³-hybridized carbons (Fsp3) is 0.200. The lowest BCUT2D eigenvalue weighted by atomic mass is 10.0. The lowest BCUT2D eigenvalue weighted by Gasteiger charge is -2.20. The Morgan fingerprint density at radius 2 is 1.78 bits per heavy atom. The molecule has 11 nitrogen and oxygen atoms in total. The van der Waals surface area contributed by atoms with E-state index in [4.69, 9.17) is 14.7 Å². The smallest absolute Gasteiger partial charge is 0.332 e. The van der Waals surface area contributed by atoms with E-state index in [0.29, 0.717) is 11.2 Å². The number of carbonyl (C=O) groups is 1. The van der Waals surface area contributed by atoms with Crippen LogP contribution >= 0.6 is 0 Å². The van der Waals surface area contributed by atoms with Crippen LogP contribution < -0.4 is 16.1 Å². The maximum absolute atomic E-state index is 12.7. The number of aromatic amines is 1. The summed E-state index contributed by atoms with van der Waals surface area (Å²) in [5.41, 5.74) is 2.47. The number of benzene rings is 2. The first kappa shape index (κ1) is 23.0. The summed E-state index contributed by atoms with van der Waals surface area (Å²) < 4.78 is 7.14. The van der Waals surface area contributed by atoms with Crippen molar-refractivity contribution >= 4 is 39.9 Å². The van der Waals surface area contributed by atoms with Crippen LogP contribution in [-0.4, -0.2) is 48.7 Å². The van der Waals surface area contributed by atoms with E-state index in [1.54, 1.807) is 0 Å². The quantitative estimate of drug-likeness (QED) is 0.375. The zero-order valence-electron chi connectivity index (χ0n) is 20.1. The van der Waals surface area contributed by atoms with Gasteiger partial charge in [0.05, 0.1) is 18.3 Å². The summed E-state index contributed by atoms with van der Waals surface area (Å²) >= 11 is 0. The lowest BCUT2D eigenvalue weighted by molar-refractivity contribution is -0.138. The van der Waals surface area contributed by atoms with E-state index in [2.05, 4.69) is 9.97 Å². The molecule has 0 fully saturated rings. The Bertz CT molecular complexity index is 1750. The molecule has 5 rings (SSSR count). The second kappa shape index (κ2) is 8.77. The van der Waals surface area contributed by atoms with Gasteiger partial charge >= 0.3 is 11.7 Å². The molecule has 0 aliphatic heterocycles.